The zero-order valence-electron chi connectivity index (χ0n) is 12.3. The molecule has 0 aliphatic carbocycles. The van der Waals surface area contributed by atoms with E-state index in [0.29, 0.717) is 6.42 Å². The number of rotatable bonds is 4. The molecule has 0 aromatic rings. The molecule has 1 amide bonds. The van der Waals surface area contributed by atoms with Gasteiger partial charge in [0.25, 0.3) is 0 Å². The van der Waals surface area contributed by atoms with Gasteiger partial charge in [-0.05, 0) is 12.8 Å². The first-order valence-electron chi connectivity index (χ1n) is 6.46. The monoisotopic (exact) mass is 301 g/mol. The van der Waals surface area contributed by atoms with E-state index in [1.165, 1.54) is 26.2 Å². The largest absolute Gasteiger partial charge is 0.469 e. The Balaban J connectivity index is 2.87. The second-order valence-electron chi connectivity index (χ2n) is 4.64. The molecule has 1 aliphatic rings. The highest BCUT2D eigenvalue weighted by Crippen LogP contribution is 2.24. The fraction of sp³-hybridized carbons (Fsp3) is 0.692. The summed E-state index contributed by atoms with van der Waals surface area (Å²) in [4.78, 5) is 47.8. The second-order valence-corrected chi connectivity index (χ2v) is 4.64. The molecule has 0 N–H and O–H groups in total. The van der Waals surface area contributed by atoms with E-state index in [1.54, 1.807) is 0 Å². The average molecular weight is 301 g/mol. The lowest BCUT2D eigenvalue weighted by atomic mass is 9.92. The normalized spacial score (nSPS) is 21.4. The molecular weight excluding hydrogens is 282 g/mol. The van der Waals surface area contributed by atoms with Crippen LogP contribution in [-0.2, 0) is 33.4 Å². The zero-order valence-corrected chi connectivity index (χ0v) is 12.3. The summed E-state index contributed by atoms with van der Waals surface area (Å²) in [5, 5.41) is 0. The lowest BCUT2D eigenvalue weighted by Gasteiger charge is -2.36. The molecule has 1 rings (SSSR count). The average Bonchev–Trinajstić information content (AvgIpc) is 2.52. The summed E-state index contributed by atoms with van der Waals surface area (Å²) < 4.78 is 13.8. The molecule has 1 saturated heterocycles. The Kier molecular flexibility index (Phi) is 6.13. The first kappa shape index (κ1) is 16.9. The molecule has 0 bridgehead atoms. The number of carbonyl (C=O) groups is 4. The SMILES string of the molecule is COC(=O)CC(=O)N1C[C@H](C(=O)OC)CC[C@@H]1C(=O)OC. The van der Waals surface area contributed by atoms with E-state index in [-0.39, 0.29) is 13.0 Å². The third kappa shape index (κ3) is 4.17. The molecule has 0 spiro atoms. The van der Waals surface area contributed by atoms with Gasteiger partial charge in [-0.2, -0.15) is 0 Å². The summed E-state index contributed by atoms with van der Waals surface area (Å²) in [6, 6.07) is -0.798. The van der Waals surface area contributed by atoms with Crippen molar-refractivity contribution in [1.82, 2.24) is 4.90 Å². The molecule has 8 heteroatoms. The number of carbonyl (C=O) groups excluding carboxylic acids is 4. The van der Waals surface area contributed by atoms with Crippen molar-refractivity contribution in [2.75, 3.05) is 27.9 Å². The Labute approximate surface area is 122 Å². The van der Waals surface area contributed by atoms with E-state index < -0.39 is 42.2 Å². The van der Waals surface area contributed by atoms with Crippen molar-refractivity contribution in [3.63, 3.8) is 0 Å². The van der Waals surface area contributed by atoms with Crippen LogP contribution in [0.4, 0.5) is 0 Å². The van der Waals surface area contributed by atoms with Crippen molar-refractivity contribution in [2.24, 2.45) is 5.92 Å². The molecule has 2 atom stereocenters. The smallest absolute Gasteiger partial charge is 0.328 e. The molecule has 0 aromatic heterocycles. The van der Waals surface area contributed by atoms with Gasteiger partial charge in [0.2, 0.25) is 5.91 Å². The van der Waals surface area contributed by atoms with Crippen LogP contribution in [0.2, 0.25) is 0 Å². The van der Waals surface area contributed by atoms with Gasteiger partial charge in [-0.15, -0.1) is 0 Å². The number of amides is 1. The van der Waals surface area contributed by atoms with Gasteiger partial charge in [-0.3, -0.25) is 14.4 Å². The summed E-state index contributed by atoms with van der Waals surface area (Å²) >= 11 is 0. The van der Waals surface area contributed by atoms with E-state index in [4.69, 9.17) is 0 Å². The second kappa shape index (κ2) is 7.61. The van der Waals surface area contributed by atoms with E-state index in [1.807, 2.05) is 0 Å². The lowest BCUT2D eigenvalue weighted by Crippen LogP contribution is -2.52. The molecule has 0 radical (unpaired) electrons. The summed E-state index contributed by atoms with van der Waals surface area (Å²) in [7, 11) is 3.65. The maximum atomic E-state index is 12.1. The van der Waals surface area contributed by atoms with Crippen LogP contribution in [0.15, 0.2) is 0 Å². The Morgan fingerprint density at radius 3 is 2.10 bits per heavy atom. The summed E-state index contributed by atoms with van der Waals surface area (Å²) in [5.41, 5.74) is 0. The number of piperidine rings is 1. The molecule has 118 valence electrons. The van der Waals surface area contributed by atoms with E-state index in [9.17, 15) is 19.2 Å². The number of esters is 3. The van der Waals surface area contributed by atoms with Gasteiger partial charge in [0.15, 0.2) is 0 Å². The number of nitrogens with zero attached hydrogens (tertiary/aromatic N) is 1. The first-order valence-corrected chi connectivity index (χ1v) is 6.46. The van der Waals surface area contributed by atoms with E-state index in [0.717, 1.165) is 0 Å². The van der Waals surface area contributed by atoms with Crippen molar-refractivity contribution in [2.45, 2.75) is 25.3 Å². The van der Waals surface area contributed by atoms with Crippen molar-refractivity contribution in [3.05, 3.63) is 0 Å². The number of hydrogen-bond donors (Lipinski definition) is 0. The highest BCUT2D eigenvalue weighted by atomic mass is 16.5. The maximum Gasteiger partial charge on any atom is 0.328 e. The number of methoxy groups -OCH3 is 3. The zero-order chi connectivity index (χ0) is 16.0. The van der Waals surface area contributed by atoms with Gasteiger partial charge < -0.3 is 19.1 Å². The fourth-order valence-electron chi connectivity index (χ4n) is 2.28. The Morgan fingerprint density at radius 2 is 1.57 bits per heavy atom. The van der Waals surface area contributed by atoms with Crippen LogP contribution in [0.25, 0.3) is 0 Å². The van der Waals surface area contributed by atoms with E-state index in [2.05, 4.69) is 14.2 Å². The minimum Gasteiger partial charge on any atom is -0.469 e. The van der Waals surface area contributed by atoms with Gasteiger partial charge in [0, 0.05) is 6.54 Å². The molecular formula is C13H19NO7. The standard InChI is InChI=1S/C13H19NO7/c1-19-11(16)6-10(15)14-7-8(12(17)20-2)4-5-9(14)13(18)21-3/h8-9H,4-7H2,1-3H3/t8-,9-/m1/s1. The maximum absolute atomic E-state index is 12.1. The Morgan fingerprint density at radius 1 is 0.952 bits per heavy atom. The topological polar surface area (TPSA) is 99.2 Å². The number of ether oxygens (including phenoxy) is 3. The van der Waals surface area contributed by atoms with Crippen molar-refractivity contribution in [3.8, 4) is 0 Å². The highest BCUT2D eigenvalue weighted by Gasteiger charge is 2.39. The lowest BCUT2D eigenvalue weighted by molar-refractivity contribution is -0.162. The molecule has 1 fully saturated rings. The van der Waals surface area contributed by atoms with Crippen LogP contribution < -0.4 is 0 Å². The van der Waals surface area contributed by atoms with Crippen LogP contribution in [0.1, 0.15) is 19.3 Å². The molecule has 21 heavy (non-hydrogen) atoms. The van der Waals surface area contributed by atoms with Crippen LogP contribution in [0, 0.1) is 5.92 Å². The van der Waals surface area contributed by atoms with Crippen LogP contribution in [0.5, 0.6) is 0 Å². The van der Waals surface area contributed by atoms with Crippen molar-refractivity contribution in [1.29, 1.82) is 0 Å². The predicted octanol–water partition coefficient (Wildman–Crippen LogP) is -0.497. The summed E-state index contributed by atoms with van der Waals surface area (Å²) in [5.74, 6) is -2.82. The van der Waals surface area contributed by atoms with Gasteiger partial charge >= 0.3 is 17.9 Å². The minimum atomic E-state index is -0.798. The van der Waals surface area contributed by atoms with Gasteiger partial charge in [-0.25, -0.2) is 4.79 Å². The molecule has 8 nitrogen and oxygen atoms in total. The molecule has 1 aliphatic heterocycles. The van der Waals surface area contributed by atoms with Crippen LogP contribution >= 0.6 is 0 Å². The number of likely N-dealkylation sites (tertiary alicyclic amines) is 1. The minimum absolute atomic E-state index is 0.0161. The Bertz CT molecular complexity index is 434. The van der Waals surface area contributed by atoms with Gasteiger partial charge in [0.05, 0.1) is 27.2 Å². The first-order chi connectivity index (χ1) is 9.94. The van der Waals surface area contributed by atoms with Crippen molar-refractivity contribution < 1.29 is 33.4 Å². The summed E-state index contributed by atoms with van der Waals surface area (Å²) in [6.07, 6.45) is 0.200. The molecule has 1 heterocycles. The van der Waals surface area contributed by atoms with Crippen molar-refractivity contribution >= 4 is 23.8 Å². The quantitative estimate of drug-likeness (QED) is 0.392. The number of hydrogen-bond acceptors (Lipinski definition) is 7. The molecule has 0 aromatic carbocycles. The van der Waals surface area contributed by atoms with Crippen LogP contribution in [-0.4, -0.2) is 62.6 Å². The third-order valence-electron chi connectivity index (χ3n) is 3.43. The van der Waals surface area contributed by atoms with Gasteiger partial charge in [-0.1, -0.05) is 0 Å². The molecule has 0 unspecified atom stereocenters. The molecule has 0 saturated carbocycles. The highest BCUT2D eigenvalue weighted by molar-refractivity contribution is 5.96. The summed E-state index contributed by atoms with van der Waals surface area (Å²) in [6.45, 7) is 0.0161. The Hall–Kier alpha value is -2.12. The fourth-order valence-corrected chi connectivity index (χ4v) is 2.28. The third-order valence-corrected chi connectivity index (χ3v) is 3.43. The predicted molar refractivity (Wildman–Crippen MR) is 68.9 cm³/mol. The van der Waals surface area contributed by atoms with Gasteiger partial charge in [0.1, 0.15) is 12.5 Å². The van der Waals surface area contributed by atoms with E-state index >= 15 is 0 Å². The van der Waals surface area contributed by atoms with Crippen LogP contribution in [0.3, 0.4) is 0 Å².